The van der Waals surface area contributed by atoms with Gasteiger partial charge in [-0.15, -0.1) is 0 Å². The molecule has 3 atom stereocenters. The van der Waals surface area contributed by atoms with Crippen LogP contribution < -0.4 is 0 Å². The number of rotatable bonds is 1. The van der Waals surface area contributed by atoms with Crippen LogP contribution in [-0.4, -0.2) is 17.8 Å². The summed E-state index contributed by atoms with van der Waals surface area (Å²) in [6, 6.07) is 17.2. The molecule has 1 aliphatic heterocycles. The van der Waals surface area contributed by atoms with Gasteiger partial charge in [-0.3, -0.25) is 0 Å². The minimum atomic E-state index is -0.0378. The Kier molecular flexibility index (Phi) is 2.86. The molecule has 2 nitrogen and oxygen atoms in total. The molecular weight excluding hydrogens is 248 g/mol. The van der Waals surface area contributed by atoms with Crippen LogP contribution in [0.1, 0.15) is 40.7 Å². The second-order valence-electron chi connectivity index (χ2n) is 5.78. The van der Waals surface area contributed by atoms with Gasteiger partial charge in [0.25, 0.3) is 0 Å². The van der Waals surface area contributed by atoms with Gasteiger partial charge in [-0.2, -0.15) is 0 Å². The molecular formula is C18H18O2. The molecule has 1 heterocycles. The maximum absolute atomic E-state index is 9.45. The highest BCUT2D eigenvalue weighted by Gasteiger charge is 2.40. The second-order valence-corrected chi connectivity index (χ2v) is 5.78. The Morgan fingerprint density at radius 1 is 0.950 bits per heavy atom. The van der Waals surface area contributed by atoms with Gasteiger partial charge >= 0.3 is 0 Å². The van der Waals surface area contributed by atoms with E-state index in [1.54, 1.807) is 0 Å². The molecule has 1 aliphatic carbocycles. The van der Waals surface area contributed by atoms with Crippen LogP contribution in [0.5, 0.6) is 0 Å². The van der Waals surface area contributed by atoms with Crippen LogP contribution in [0.15, 0.2) is 48.5 Å². The largest absolute Gasteiger partial charge is 0.394 e. The lowest BCUT2D eigenvalue weighted by molar-refractivity contribution is 0.00841. The fourth-order valence-electron chi connectivity index (χ4n) is 3.70. The van der Waals surface area contributed by atoms with Crippen molar-refractivity contribution in [2.75, 3.05) is 6.61 Å². The summed E-state index contributed by atoms with van der Waals surface area (Å²) in [6.07, 6.45) is 1.94. The lowest BCUT2D eigenvalue weighted by Gasteiger charge is -2.19. The maximum atomic E-state index is 9.45. The fourth-order valence-corrected chi connectivity index (χ4v) is 3.70. The van der Waals surface area contributed by atoms with E-state index in [1.165, 1.54) is 22.3 Å². The van der Waals surface area contributed by atoms with E-state index >= 15 is 0 Å². The Morgan fingerprint density at radius 2 is 1.60 bits per heavy atom. The molecule has 1 saturated heterocycles. The summed E-state index contributed by atoms with van der Waals surface area (Å²) in [7, 11) is 0. The topological polar surface area (TPSA) is 29.5 Å². The number of aliphatic hydroxyl groups is 1. The second kappa shape index (κ2) is 4.72. The number of hydrogen-bond donors (Lipinski definition) is 1. The first-order valence-corrected chi connectivity index (χ1v) is 7.28. The SMILES string of the molecule is OC[C@@H]1C[C@@H]2c3ccccc3Cc3ccccc3[C@H]2O1. The van der Waals surface area contributed by atoms with E-state index in [4.69, 9.17) is 4.74 Å². The molecule has 0 unspecified atom stereocenters. The van der Waals surface area contributed by atoms with E-state index in [0.29, 0.717) is 5.92 Å². The molecule has 4 rings (SSSR count). The molecule has 0 spiro atoms. The third kappa shape index (κ3) is 1.80. The smallest absolute Gasteiger partial charge is 0.0902 e. The van der Waals surface area contributed by atoms with Crippen LogP contribution >= 0.6 is 0 Å². The minimum Gasteiger partial charge on any atom is -0.394 e. The third-order valence-electron chi connectivity index (χ3n) is 4.62. The highest BCUT2D eigenvalue weighted by Crippen LogP contribution is 2.48. The molecule has 2 heteroatoms. The highest BCUT2D eigenvalue weighted by molar-refractivity contribution is 5.45. The van der Waals surface area contributed by atoms with Crippen molar-refractivity contribution in [1.82, 2.24) is 0 Å². The van der Waals surface area contributed by atoms with Crippen molar-refractivity contribution in [3.8, 4) is 0 Å². The van der Waals surface area contributed by atoms with Gasteiger partial charge in [0.05, 0.1) is 18.8 Å². The molecule has 1 N–H and O–H groups in total. The summed E-state index contributed by atoms with van der Waals surface area (Å²) in [5, 5.41) is 9.45. The predicted octanol–water partition coefficient (Wildman–Crippen LogP) is 3.20. The van der Waals surface area contributed by atoms with Gasteiger partial charge in [-0.05, 0) is 35.1 Å². The Morgan fingerprint density at radius 3 is 2.35 bits per heavy atom. The molecule has 2 aliphatic rings. The number of aliphatic hydroxyl groups excluding tert-OH is 1. The first kappa shape index (κ1) is 12.1. The molecule has 0 amide bonds. The predicted molar refractivity (Wildman–Crippen MR) is 77.7 cm³/mol. The van der Waals surface area contributed by atoms with Crippen molar-refractivity contribution < 1.29 is 9.84 Å². The minimum absolute atomic E-state index is 0.0378. The summed E-state index contributed by atoms with van der Waals surface area (Å²) in [5.74, 6) is 0.368. The highest BCUT2D eigenvalue weighted by atomic mass is 16.5. The van der Waals surface area contributed by atoms with Crippen LogP contribution in [0.4, 0.5) is 0 Å². The van der Waals surface area contributed by atoms with E-state index < -0.39 is 0 Å². The number of fused-ring (bicyclic) bond motifs is 5. The zero-order chi connectivity index (χ0) is 13.5. The van der Waals surface area contributed by atoms with Gasteiger partial charge in [0.15, 0.2) is 0 Å². The maximum Gasteiger partial charge on any atom is 0.0902 e. The van der Waals surface area contributed by atoms with E-state index in [0.717, 1.165) is 12.8 Å². The first-order chi connectivity index (χ1) is 9.86. The van der Waals surface area contributed by atoms with Gasteiger partial charge in [-0.1, -0.05) is 48.5 Å². The molecule has 0 bridgehead atoms. The van der Waals surface area contributed by atoms with Gasteiger partial charge in [0, 0.05) is 5.92 Å². The van der Waals surface area contributed by atoms with Gasteiger partial charge in [0.2, 0.25) is 0 Å². The van der Waals surface area contributed by atoms with Crippen LogP contribution in [0.2, 0.25) is 0 Å². The van der Waals surface area contributed by atoms with Gasteiger partial charge in [-0.25, -0.2) is 0 Å². The molecule has 0 saturated carbocycles. The van der Waals surface area contributed by atoms with Crippen molar-refractivity contribution in [2.45, 2.75) is 31.0 Å². The summed E-state index contributed by atoms with van der Waals surface area (Å²) in [4.78, 5) is 0. The van der Waals surface area contributed by atoms with Crippen molar-refractivity contribution in [3.63, 3.8) is 0 Å². The van der Waals surface area contributed by atoms with Crippen LogP contribution in [0, 0.1) is 0 Å². The summed E-state index contributed by atoms with van der Waals surface area (Å²) < 4.78 is 6.13. The molecule has 0 aromatic heterocycles. The first-order valence-electron chi connectivity index (χ1n) is 7.28. The normalized spacial score (nSPS) is 27.4. The molecule has 102 valence electrons. The Labute approximate surface area is 119 Å². The molecule has 2 aromatic rings. The average Bonchev–Trinajstić information content (AvgIpc) is 2.87. The van der Waals surface area contributed by atoms with Crippen molar-refractivity contribution >= 4 is 0 Å². The fraction of sp³-hybridized carbons (Fsp3) is 0.333. The quantitative estimate of drug-likeness (QED) is 0.859. The van der Waals surface area contributed by atoms with E-state index in [1.807, 2.05) is 0 Å². The lowest BCUT2D eigenvalue weighted by Crippen LogP contribution is -2.11. The molecule has 1 fully saturated rings. The number of ether oxygens (including phenoxy) is 1. The van der Waals surface area contributed by atoms with Crippen LogP contribution in [0.25, 0.3) is 0 Å². The number of hydrogen-bond acceptors (Lipinski definition) is 2. The van der Waals surface area contributed by atoms with Crippen molar-refractivity contribution in [2.24, 2.45) is 0 Å². The summed E-state index contributed by atoms with van der Waals surface area (Å²) >= 11 is 0. The third-order valence-corrected chi connectivity index (χ3v) is 4.62. The number of benzene rings is 2. The molecule has 2 aromatic carbocycles. The molecule has 20 heavy (non-hydrogen) atoms. The Bertz CT molecular complexity index is 581. The average molecular weight is 266 g/mol. The van der Waals surface area contributed by atoms with Crippen LogP contribution in [0.3, 0.4) is 0 Å². The van der Waals surface area contributed by atoms with E-state index in [-0.39, 0.29) is 18.8 Å². The Hall–Kier alpha value is -1.64. The standard InChI is InChI=1S/C18H18O2/c19-11-14-10-17-15-7-3-1-5-12(15)9-13-6-2-4-8-16(13)18(17)20-14/h1-8,14,17-19H,9-11H2/t14-,17+,18+/m0/s1. The van der Waals surface area contributed by atoms with Crippen molar-refractivity contribution in [1.29, 1.82) is 0 Å². The van der Waals surface area contributed by atoms with Gasteiger partial charge < -0.3 is 9.84 Å². The van der Waals surface area contributed by atoms with E-state index in [9.17, 15) is 5.11 Å². The molecule has 0 radical (unpaired) electrons. The summed E-state index contributed by atoms with van der Waals surface area (Å²) in [5.41, 5.74) is 5.44. The van der Waals surface area contributed by atoms with Crippen molar-refractivity contribution in [3.05, 3.63) is 70.8 Å². The Balaban J connectivity index is 1.89. The summed E-state index contributed by atoms with van der Waals surface area (Å²) in [6.45, 7) is 0.108. The van der Waals surface area contributed by atoms with Crippen LogP contribution in [-0.2, 0) is 11.2 Å². The monoisotopic (exact) mass is 266 g/mol. The zero-order valence-corrected chi connectivity index (χ0v) is 11.3. The van der Waals surface area contributed by atoms with E-state index in [2.05, 4.69) is 48.5 Å². The zero-order valence-electron chi connectivity index (χ0n) is 11.3. The lowest BCUT2D eigenvalue weighted by atomic mass is 9.87. The van der Waals surface area contributed by atoms with Gasteiger partial charge in [0.1, 0.15) is 0 Å².